The van der Waals surface area contributed by atoms with Crippen LogP contribution >= 0.6 is 11.3 Å². The van der Waals surface area contributed by atoms with Crippen LogP contribution in [0.1, 0.15) is 74.9 Å². The molecule has 244 valence electrons. The summed E-state index contributed by atoms with van der Waals surface area (Å²) in [4.78, 5) is 15.6. The Morgan fingerprint density at radius 2 is 1.78 bits per heavy atom. The Labute approximate surface area is 271 Å². The Hall–Kier alpha value is -1.88. The number of aliphatic hydroxyl groups excluding tert-OH is 1. The van der Waals surface area contributed by atoms with Crippen molar-refractivity contribution in [1.82, 2.24) is 4.31 Å². The third-order valence-corrected chi connectivity index (χ3v) is 15.6. The fourth-order valence-corrected chi connectivity index (χ4v) is 12.8. The summed E-state index contributed by atoms with van der Waals surface area (Å²) in [5, 5.41) is 24.6. The molecule has 1 unspecified atom stereocenters. The standard InChI is InChI=1S/C36H47NO6S2/c1-32-13-10-25(38)21-34(32)16-17-36(26(22-34)31(39)28-20-24-8-5-6-9-27(24)44-28)29(32)11-14-33(2)30(36)12-15-35(33,40)23-37(45(4,41)42)18-7-19-43-3/h5-6,8-9,16-17,20,22,25,29-30,38,40H,7,10-15,18-19,21,23H2,1-4H3/t25?,29-,30-,32-,33+,34+,35-,36-/m1/s1. The molecular formula is C36H47NO6S2. The summed E-state index contributed by atoms with van der Waals surface area (Å²) in [6.07, 6.45) is 13.3. The van der Waals surface area contributed by atoms with Crippen molar-refractivity contribution in [3.05, 3.63) is 59.0 Å². The lowest BCUT2D eigenvalue weighted by molar-refractivity contribution is -0.173. The molecule has 6 aliphatic carbocycles. The van der Waals surface area contributed by atoms with Gasteiger partial charge in [0, 0.05) is 53.3 Å². The molecule has 6 aliphatic rings. The van der Waals surface area contributed by atoms with Crippen molar-refractivity contribution in [2.45, 2.75) is 76.9 Å². The number of nitrogens with zero attached hydrogens (tertiary/aromatic N) is 1. The molecule has 3 fully saturated rings. The first-order valence-electron chi connectivity index (χ1n) is 16.5. The molecule has 3 saturated carbocycles. The summed E-state index contributed by atoms with van der Waals surface area (Å²) in [5.41, 5.74) is -2.09. The summed E-state index contributed by atoms with van der Waals surface area (Å²) < 4.78 is 33.6. The third-order valence-electron chi connectivity index (χ3n) is 13.3. The lowest BCUT2D eigenvalue weighted by atomic mass is 9.32. The summed E-state index contributed by atoms with van der Waals surface area (Å²) >= 11 is 1.54. The van der Waals surface area contributed by atoms with Crippen molar-refractivity contribution >= 4 is 37.2 Å². The summed E-state index contributed by atoms with van der Waals surface area (Å²) in [6, 6.07) is 10.1. The van der Waals surface area contributed by atoms with E-state index in [9.17, 15) is 23.4 Å². The molecule has 2 N–H and O–H groups in total. The molecule has 0 amide bonds. The second-order valence-corrected chi connectivity index (χ2v) is 18.3. The Kier molecular flexibility index (Phi) is 7.44. The Bertz CT molecular complexity index is 1660. The highest BCUT2D eigenvalue weighted by atomic mass is 32.2. The molecule has 8 rings (SSSR count). The van der Waals surface area contributed by atoms with Crippen molar-refractivity contribution in [3.63, 3.8) is 0 Å². The fourth-order valence-electron chi connectivity index (χ4n) is 10.9. The number of fused-ring (bicyclic) bond motifs is 2. The molecule has 1 heterocycles. The second kappa shape index (κ2) is 10.6. The first-order chi connectivity index (χ1) is 21.2. The molecule has 8 atom stereocenters. The zero-order chi connectivity index (χ0) is 32.0. The highest BCUT2D eigenvalue weighted by molar-refractivity contribution is 7.88. The summed E-state index contributed by atoms with van der Waals surface area (Å²) in [5.74, 6) is 0.218. The Balaban J connectivity index is 1.34. The van der Waals surface area contributed by atoms with Crippen LogP contribution in [0, 0.1) is 33.5 Å². The topological polar surface area (TPSA) is 104 Å². The number of allylic oxidation sites excluding steroid dienone is 4. The molecule has 9 heteroatoms. The van der Waals surface area contributed by atoms with E-state index in [0.29, 0.717) is 38.8 Å². The van der Waals surface area contributed by atoms with E-state index >= 15 is 0 Å². The van der Waals surface area contributed by atoms with Gasteiger partial charge in [-0.05, 0) is 86.1 Å². The minimum Gasteiger partial charge on any atom is -0.393 e. The molecule has 2 aromatic rings. The fraction of sp³-hybridized carbons (Fsp3) is 0.639. The molecular weight excluding hydrogens is 607 g/mol. The van der Waals surface area contributed by atoms with Gasteiger partial charge in [0.15, 0.2) is 5.78 Å². The smallest absolute Gasteiger partial charge is 0.211 e. The van der Waals surface area contributed by atoms with Gasteiger partial charge >= 0.3 is 0 Å². The number of thiophene rings is 1. The summed E-state index contributed by atoms with van der Waals surface area (Å²) in [6.45, 7) is 5.32. The molecule has 45 heavy (non-hydrogen) atoms. The largest absolute Gasteiger partial charge is 0.393 e. The van der Waals surface area contributed by atoms with Gasteiger partial charge < -0.3 is 14.9 Å². The molecule has 1 aromatic heterocycles. The van der Waals surface area contributed by atoms with Crippen LogP contribution in [-0.4, -0.2) is 73.5 Å². The number of carbonyl (C=O) groups excluding carboxylic acids is 1. The molecule has 0 radical (unpaired) electrons. The third kappa shape index (κ3) is 4.40. The number of ether oxygens (including phenoxy) is 1. The van der Waals surface area contributed by atoms with Crippen LogP contribution in [0.25, 0.3) is 10.1 Å². The van der Waals surface area contributed by atoms with Crippen LogP contribution in [-0.2, 0) is 14.8 Å². The highest BCUT2D eigenvalue weighted by Crippen LogP contribution is 2.78. The average Bonchev–Trinajstić information content (AvgIpc) is 3.54. The minimum absolute atomic E-state index is 0.0306. The number of sulfonamides is 1. The molecule has 0 aliphatic heterocycles. The first kappa shape index (κ1) is 31.7. The van der Waals surface area contributed by atoms with Gasteiger partial charge in [-0.25, -0.2) is 8.42 Å². The van der Waals surface area contributed by atoms with E-state index in [1.807, 2.05) is 24.3 Å². The monoisotopic (exact) mass is 653 g/mol. The zero-order valence-electron chi connectivity index (χ0n) is 26.9. The van der Waals surface area contributed by atoms with Crippen LogP contribution in [0.2, 0.25) is 0 Å². The number of Topliss-reactive ketones (excluding diaryl/α,β-unsaturated/α-hetero) is 1. The van der Waals surface area contributed by atoms with E-state index in [4.69, 9.17) is 4.74 Å². The second-order valence-electron chi connectivity index (χ2n) is 15.2. The zero-order valence-corrected chi connectivity index (χ0v) is 28.6. The van der Waals surface area contributed by atoms with Crippen LogP contribution in [0.15, 0.2) is 54.1 Å². The molecule has 2 bridgehead atoms. The van der Waals surface area contributed by atoms with E-state index in [2.05, 4.69) is 38.1 Å². The van der Waals surface area contributed by atoms with E-state index in [-0.39, 0.29) is 29.6 Å². The van der Waals surface area contributed by atoms with Gasteiger partial charge in [-0.2, -0.15) is 4.31 Å². The number of hydrogen-bond acceptors (Lipinski definition) is 7. The van der Waals surface area contributed by atoms with E-state index in [0.717, 1.165) is 46.2 Å². The molecule has 7 nitrogen and oxygen atoms in total. The van der Waals surface area contributed by atoms with Crippen LogP contribution < -0.4 is 0 Å². The maximum absolute atomic E-state index is 14.9. The maximum Gasteiger partial charge on any atom is 0.211 e. The highest BCUT2D eigenvalue weighted by Gasteiger charge is 2.74. The average molecular weight is 654 g/mol. The van der Waals surface area contributed by atoms with Gasteiger partial charge in [-0.15, -0.1) is 11.3 Å². The van der Waals surface area contributed by atoms with Gasteiger partial charge in [-0.1, -0.05) is 50.3 Å². The number of aliphatic hydroxyl groups is 2. The number of rotatable bonds is 9. The number of hydrogen-bond donors (Lipinski definition) is 2. The SMILES string of the molecule is COCCCN(C[C@]1(O)CC[C@H]2[C@]34C=C[C@@]5(C=C3C(=O)c3cc6ccccc6s3)CC(O)CC[C@]5(C)[C@H]4CC[C@@]21C)S(C)(=O)=O. The predicted molar refractivity (Wildman–Crippen MR) is 178 cm³/mol. The maximum atomic E-state index is 14.9. The summed E-state index contributed by atoms with van der Waals surface area (Å²) in [7, 11) is -1.96. The molecule has 2 spiro atoms. The van der Waals surface area contributed by atoms with E-state index in [1.54, 1.807) is 7.11 Å². The van der Waals surface area contributed by atoms with Crippen molar-refractivity contribution in [3.8, 4) is 0 Å². The number of ketones is 1. The van der Waals surface area contributed by atoms with E-state index < -0.39 is 38.0 Å². The van der Waals surface area contributed by atoms with E-state index in [1.165, 1.54) is 21.9 Å². The molecule has 1 aromatic carbocycles. The van der Waals surface area contributed by atoms with Gasteiger partial charge in [0.2, 0.25) is 10.0 Å². The molecule has 0 saturated heterocycles. The number of methoxy groups -OCH3 is 1. The van der Waals surface area contributed by atoms with Gasteiger partial charge in [0.05, 0.1) is 22.8 Å². The van der Waals surface area contributed by atoms with Crippen molar-refractivity contribution in [2.24, 2.45) is 33.5 Å². The number of carbonyl (C=O) groups is 1. The predicted octanol–water partition coefficient (Wildman–Crippen LogP) is 5.97. The quantitative estimate of drug-likeness (QED) is 0.196. The Morgan fingerprint density at radius 3 is 2.51 bits per heavy atom. The lowest BCUT2D eigenvalue weighted by Crippen LogP contribution is -2.67. The van der Waals surface area contributed by atoms with Crippen molar-refractivity contribution in [2.75, 3.05) is 33.1 Å². The van der Waals surface area contributed by atoms with Crippen LogP contribution in [0.4, 0.5) is 0 Å². The van der Waals surface area contributed by atoms with Crippen molar-refractivity contribution in [1.29, 1.82) is 0 Å². The lowest BCUT2D eigenvalue weighted by Gasteiger charge is -2.71. The van der Waals surface area contributed by atoms with Gasteiger partial charge in [0.25, 0.3) is 0 Å². The Morgan fingerprint density at radius 1 is 1.07 bits per heavy atom. The van der Waals surface area contributed by atoms with Crippen molar-refractivity contribution < 1.29 is 28.2 Å². The van der Waals surface area contributed by atoms with Crippen LogP contribution in [0.5, 0.6) is 0 Å². The first-order valence-corrected chi connectivity index (χ1v) is 19.2. The van der Waals surface area contributed by atoms with Crippen LogP contribution in [0.3, 0.4) is 0 Å². The normalized spacial score (nSPS) is 40.3. The number of benzene rings is 1. The minimum atomic E-state index is -3.56. The van der Waals surface area contributed by atoms with Gasteiger partial charge in [0.1, 0.15) is 0 Å². The van der Waals surface area contributed by atoms with Gasteiger partial charge in [-0.3, -0.25) is 4.79 Å².